The van der Waals surface area contributed by atoms with Gasteiger partial charge in [0.1, 0.15) is 5.60 Å². The van der Waals surface area contributed by atoms with Crippen LogP contribution in [-0.4, -0.2) is 51.7 Å². The second kappa shape index (κ2) is 8.53. The second-order valence-electron chi connectivity index (χ2n) is 8.22. The summed E-state index contributed by atoms with van der Waals surface area (Å²) >= 11 is 5.99. The largest absolute Gasteiger partial charge is 0.444 e. The van der Waals surface area contributed by atoms with Crippen molar-refractivity contribution in [3.63, 3.8) is 0 Å². The Morgan fingerprint density at radius 2 is 2.07 bits per heavy atom. The van der Waals surface area contributed by atoms with Crippen molar-refractivity contribution >= 4 is 17.7 Å². The maximum atomic E-state index is 12.9. The lowest BCUT2D eigenvalue weighted by Gasteiger charge is -2.42. The molecule has 2 aromatic rings. The lowest BCUT2D eigenvalue weighted by atomic mass is 10.0. The van der Waals surface area contributed by atoms with Crippen molar-refractivity contribution in [3.8, 4) is 0 Å². The summed E-state index contributed by atoms with van der Waals surface area (Å²) in [5.74, 6) is 0. The van der Waals surface area contributed by atoms with Gasteiger partial charge in [-0.1, -0.05) is 23.7 Å². The Bertz CT molecular complexity index is 771. The second-order valence-corrected chi connectivity index (χ2v) is 8.65. The number of morpholine rings is 1. The SMILES string of the molecule is CC(C1CN(C(=O)OC(C)(C)C)C(Cc2ccc(Cl)cc2)CO1)n1cccn1. The minimum Gasteiger partial charge on any atom is -0.444 e. The molecule has 0 saturated carbocycles. The van der Waals surface area contributed by atoms with E-state index in [2.05, 4.69) is 5.10 Å². The fraction of sp³-hybridized carbons (Fsp3) is 0.524. The Morgan fingerprint density at radius 3 is 2.68 bits per heavy atom. The first-order valence-corrected chi connectivity index (χ1v) is 9.95. The van der Waals surface area contributed by atoms with E-state index < -0.39 is 5.60 Å². The molecule has 28 heavy (non-hydrogen) atoms. The van der Waals surface area contributed by atoms with E-state index in [1.54, 1.807) is 11.1 Å². The summed E-state index contributed by atoms with van der Waals surface area (Å²) in [6, 6.07) is 9.48. The van der Waals surface area contributed by atoms with Gasteiger partial charge >= 0.3 is 6.09 Å². The summed E-state index contributed by atoms with van der Waals surface area (Å²) in [6.45, 7) is 8.58. The lowest BCUT2D eigenvalue weighted by molar-refractivity contribution is -0.0853. The van der Waals surface area contributed by atoms with Crippen LogP contribution in [-0.2, 0) is 15.9 Å². The molecule has 2 heterocycles. The Balaban J connectivity index is 1.76. The number of aromatic nitrogens is 2. The average Bonchev–Trinajstić information content (AvgIpc) is 3.16. The van der Waals surface area contributed by atoms with E-state index in [0.717, 1.165) is 5.56 Å². The van der Waals surface area contributed by atoms with Crippen molar-refractivity contribution in [3.05, 3.63) is 53.3 Å². The van der Waals surface area contributed by atoms with E-state index >= 15 is 0 Å². The first kappa shape index (κ1) is 20.7. The van der Waals surface area contributed by atoms with Gasteiger partial charge in [0.05, 0.1) is 31.3 Å². The zero-order chi connectivity index (χ0) is 20.3. The number of carbonyl (C=O) groups excluding carboxylic acids is 1. The van der Waals surface area contributed by atoms with Gasteiger partial charge in [0, 0.05) is 17.4 Å². The average molecular weight is 406 g/mol. The van der Waals surface area contributed by atoms with Gasteiger partial charge in [0.15, 0.2) is 0 Å². The van der Waals surface area contributed by atoms with Crippen LogP contribution in [0.25, 0.3) is 0 Å². The summed E-state index contributed by atoms with van der Waals surface area (Å²) in [7, 11) is 0. The highest BCUT2D eigenvalue weighted by Gasteiger charge is 2.37. The van der Waals surface area contributed by atoms with E-state index in [0.29, 0.717) is 24.6 Å². The standard InChI is InChI=1S/C21H28ClN3O3/c1-15(25-11-5-10-23-25)19-13-24(20(26)28-21(2,3)4)18(14-27-19)12-16-6-8-17(22)9-7-16/h5-11,15,18-19H,12-14H2,1-4H3. The van der Waals surface area contributed by atoms with E-state index in [9.17, 15) is 4.79 Å². The molecule has 0 radical (unpaired) electrons. The third kappa shape index (κ3) is 5.26. The molecule has 1 amide bonds. The number of halogens is 1. The van der Waals surface area contributed by atoms with Crippen molar-refractivity contribution in [2.24, 2.45) is 0 Å². The highest BCUT2D eigenvalue weighted by molar-refractivity contribution is 6.30. The zero-order valence-corrected chi connectivity index (χ0v) is 17.6. The maximum Gasteiger partial charge on any atom is 0.410 e. The molecule has 3 atom stereocenters. The number of hydrogen-bond acceptors (Lipinski definition) is 4. The first-order chi connectivity index (χ1) is 13.2. The van der Waals surface area contributed by atoms with Crippen LogP contribution in [0.15, 0.2) is 42.7 Å². The van der Waals surface area contributed by atoms with Crippen molar-refractivity contribution in [1.29, 1.82) is 0 Å². The Labute approximate surface area is 171 Å². The number of rotatable bonds is 4. The third-order valence-corrected chi connectivity index (χ3v) is 5.06. The van der Waals surface area contributed by atoms with Gasteiger partial charge < -0.3 is 9.47 Å². The van der Waals surface area contributed by atoms with E-state index in [4.69, 9.17) is 21.1 Å². The molecule has 0 N–H and O–H groups in total. The van der Waals surface area contributed by atoms with Gasteiger partial charge in [-0.25, -0.2) is 4.79 Å². The minimum atomic E-state index is -0.552. The van der Waals surface area contributed by atoms with E-state index in [1.807, 2.05) is 68.9 Å². The molecule has 3 rings (SSSR count). The van der Waals surface area contributed by atoms with Crippen molar-refractivity contribution in [2.75, 3.05) is 13.2 Å². The molecule has 1 aromatic carbocycles. The van der Waals surface area contributed by atoms with Crippen LogP contribution in [0.5, 0.6) is 0 Å². The molecular weight excluding hydrogens is 378 g/mol. The van der Waals surface area contributed by atoms with Crippen LogP contribution in [0, 0.1) is 0 Å². The number of ether oxygens (including phenoxy) is 2. The number of hydrogen-bond donors (Lipinski definition) is 0. The van der Waals surface area contributed by atoms with Crippen LogP contribution in [0.2, 0.25) is 5.02 Å². The molecule has 1 aliphatic heterocycles. The van der Waals surface area contributed by atoms with Gasteiger partial charge in [-0.15, -0.1) is 0 Å². The highest BCUT2D eigenvalue weighted by atomic mass is 35.5. The van der Waals surface area contributed by atoms with Crippen LogP contribution in [0.1, 0.15) is 39.3 Å². The van der Waals surface area contributed by atoms with E-state index in [-0.39, 0.29) is 24.3 Å². The van der Waals surface area contributed by atoms with Crippen molar-refractivity contribution < 1.29 is 14.3 Å². The molecule has 0 spiro atoms. The minimum absolute atomic E-state index is 0.0106. The zero-order valence-electron chi connectivity index (χ0n) is 16.8. The molecule has 0 bridgehead atoms. The van der Waals surface area contributed by atoms with Gasteiger partial charge in [-0.05, 0) is 57.9 Å². The van der Waals surface area contributed by atoms with Crippen molar-refractivity contribution in [2.45, 2.75) is 57.9 Å². The number of amides is 1. The molecule has 152 valence electrons. The molecule has 0 aliphatic carbocycles. The lowest BCUT2D eigenvalue weighted by Crippen LogP contribution is -2.55. The third-order valence-electron chi connectivity index (χ3n) is 4.81. The molecule has 1 saturated heterocycles. The summed E-state index contributed by atoms with van der Waals surface area (Å²) in [4.78, 5) is 14.7. The topological polar surface area (TPSA) is 56.6 Å². The maximum absolute atomic E-state index is 12.9. The van der Waals surface area contributed by atoms with Crippen molar-refractivity contribution in [1.82, 2.24) is 14.7 Å². The molecular formula is C21H28ClN3O3. The van der Waals surface area contributed by atoms with Gasteiger partial charge in [0.25, 0.3) is 0 Å². The molecule has 7 heteroatoms. The van der Waals surface area contributed by atoms with E-state index in [1.165, 1.54) is 0 Å². The van der Waals surface area contributed by atoms with Gasteiger partial charge in [0.2, 0.25) is 0 Å². The fourth-order valence-electron chi connectivity index (χ4n) is 3.31. The van der Waals surface area contributed by atoms with Crippen LogP contribution < -0.4 is 0 Å². The number of benzene rings is 1. The monoisotopic (exact) mass is 405 g/mol. The fourth-order valence-corrected chi connectivity index (χ4v) is 3.44. The summed E-state index contributed by atoms with van der Waals surface area (Å²) < 4.78 is 13.7. The normalized spacial score (nSPS) is 21.4. The molecule has 3 unspecified atom stereocenters. The van der Waals surface area contributed by atoms with Crippen LogP contribution in [0.3, 0.4) is 0 Å². The predicted octanol–water partition coefficient (Wildman–Crippen LogP) is 4.34. The van der Waals surface area contributed by atoms with Gasteiger partial charge in [-0.2, -0.15) is 5.10 Å². The quantitative estimate of drug-likeness (QED) is 0.759. The molecule has 6 nitrogen and oxygen atoms in total. The molecule has 1 aliphatic rings. The smallest absolute Gasteiger partial charge is 0.410 e. The molecule has 1 aromatic heterocycles. The summed E-state index contributed by atoms with van der Waals surface area (Å²) in [5.41, 5.74) is 0.550. The summed E-state index contributed by atoms with van der Waals surface area (Å²) in [6.07, 6.45) is 3.86. The predicted molar refractivity (Wildman–Crippen MR) is 109 cm³/mol. The Hall–Kier alpha value is -2.05. The summed E-state index contributed by atoms with van der Waals surface area (Å²) in [5, 5.41) is 5.00. The van der Waals surface area contributed by atoms with Crippen LogP contribution >= 0.6 is 11.6 Å². The Kier molecular flexibility index (Phi) is 6.30. The Morgan fingerprint density at radius 1 is 1.36 bits per heavy atom. The first-order valence-electron chi connectivity index (χ1n) is 9.58. The number of nitrogens with zero attached hydrogens (tertiary/aromatic N) is 3. The molecule has 1 fully saturated rings. The highest BCUT2D eigenvalue weighted by Crippen LogP contribution is 2.25. The number of carbonyl (C=O) groups is 1. The van der Waals surface area contributed by atoms with Gasteiger partial charge in [-0.3, -0.25) is 9.58 Å². The van der Waals surface area contributed by atoms with Crippen LogP contribution in [0.4, 0.5) is 4.79 Å².